The van der Waals surface area contributed by atoms with Gasteiger partial charge >= 0.3 is 0 Å². The molecule has 1 aromatic rings. The van der Waals surface area contributed by atoms with Crippen molar-refractivity contribution in [3.05, 3.63) is 23.4 Å². The van der Waals surface area contributed by atoms with E-state index in [1.54, 1.807) is 0 Å². The minimum absolute atomic E-state index is 0.450. The Morgan fingerprint density at radius 3 is 2.71 bits per heavy atom. The number of pyridine rings is 1. The molecule has 0 amide bonds. The van der Waals surface area contributed by atoms with E-state index in [0.29, 0.717) is 12.0 Å². The van der Waals surface area contributed by atoms with Crippen LogP contribution in [0.5, 0.6) is 0 Å². The van der Waals surface area contributed by atoms with Crippen molar-refractivity contribution in [1.82, 2.24) is 10.3 Å². The molecule has 1 aromatic heterocycles. The van der Waals surface area contributed by atoms with Crippen molar-refractivity contribution in [2.45, 2.75) is 52.6 Å². The number of aromatic nitrogens is 1. The topological polar surface area (TPSA) is 37.4 Å². The first kappa shape index (κ1) is 16.2. The molecule has 0 spiro atoms. The summed E-state index contributed by atoms with van der Waals surface area (Å²) in [6.07, 6.45) is 1.08. The van der Waals surface area contributed by atoms with E-state index in [0.717, 1.165) is 45.1 Å². The van der Waals surface area contributed by atoms with Gasteiger partial charge in [0.2, 0.25) is 0 Å². The summed E-state index contributed by atoms with van der Waals surface area (Å²) in [4.78, 5) is 7.23. The third-order valence-corrected chi connectivity index (χ3v) is 3.74. The van der Waals surface area contributed by atoms with Crippen LogP contribution in [0.15, 0.2) is 12.1 Å². The predicted molar refractivity (Wildman–Crippen MR) is 88.0 cm³/mol. The van der Waals surface area contributed by atoms with Gasteiger partial charge in [-0.3, -0.25) is 0 Å². The maximum absolute atomic E-state index is 5.55. The number of ether oxygens (including phenoxy) is 1. The lowest BCUT2D eigenvalue weighted by Crippen LogP contribution is -2.28. The highest BCUT2D eigenvalue weighted by atomic mass is 16.5. The number of rotatable bonds is 5. The van der Waals surface area contributed by atoms with Crippen LogP contribution in [0.3, 0.4) is 0 Å². The normalized spacial score (nSPS) is 16.6. The number of nitrogens with one attached hydrogen (secondary N) is 1. The second-order valence-corrected chi connectivity index (χ2v) is 6.40. The van der Waals surface area contributed by atoms with Crippen molar-refractivity contribution in [1.29, 1.82) is 0 Å². The van der Waals surface area contributed by atoms with Crippen LogP contribution in [0, 0.1) is 0 Å². The molecule has 2 rings (SSSR count). The van der Waals surface area contributed by atoms with Gasteiger partial charge in [-0.1, -0.05) is 27.7 Å². The van der Waals surface area contributed by atoms with E-state index in [1.807, 2.05) is 0 Å². The summed E-state index contributed by atoms with van der Waals surface area (Å²) in [5.74, 6) is 1.55. The van der Waals surface area contributed by atoms with Crippen LogP contribution in [0.4, 0.5) is 5.82 Å². The second kappa shape index (κ2) is 7.76. The van der Waals surface area contributed by atoms with Gasteiger partial charge in [-0.15, -0.1) is 0 Å². The molecule has 21 heavy (non-hydrogen) atoms. The lowest BCUT2D eigenvalue weighted by Gasteiger charge is -2.23. The molecule has 0 unspecified atom stereocenters. The smallest absolute Gasteiger partial charge is 0.129 e. The zero-order valence-electron chi connectivity index (χ0n) is 13.9. The Bertz CT molecular complexity index is 438. The fourth-order valence-corrected chi connectivity index (χ4v) is 2.45. The van der Waals surface area contributed by atoms with E-state index in [1.165, 1.54) is 11.3 Å². The molecule has 1 N–H and O–H groups in total. The van der Waals surface area contributed by atoms with Crippen LogP contribution in [-0.4, -0.2) is 37.3 Å². The van der Waals surface area contributed by atoms with Crippen LogP contribution < -0.4 is 10.2 Å². The summed E-state index contributed by atoms with van der Waals surface area (Å²) in [6.45, 7) is 13.3. The minimum atomic E-state index is 0.450. The van der Waals surface area contributed by atoms with E-state index >= 15 is 0 Å². The van der Waals surface area contributed by atoms with Gasteiger partial charge in [-0.25, -0.2) is 4.98 Å². The van der Waals surface area contributed by atoms with Crippen molar-refractivity contribution >= 4 is 5.82 Å². The molecule has 0 aliphatic carbocycles. The summed E-state index contributed by atoms with van der Waals surface area (Å²) >= 11 is 0. The summed E-state index contributed by atoms with van der Waals surface area (Å²) < 4.78 is 5.55. The van der Waals surface area contributed by atoms with Crippen molar-refractivity contribution in [3.8, 4) is 0 Å². The molecule has 1 saturated heterocycles. The fourth-order valence-electron chi connectivity index (χ4n) is 2.45. The van der Waals surface area contributed by atoms with E-state index < -0.39 is 0 Å². The molecule has 1 fully saturated rings. The molecule has 1 aliphatic heterocycles. The van der Waals surface area contributed by atoms with Gasteiger partial charge in [0.1, 0.15) is 5.82 Å². The second-order valence-electron chi connectivity index (χ2n) is 6.40. The Morgan fingerprint density at radius 2 is 2.00 bits per heavy atom. The number of anilines is 1. The first-order chi connectivity index (χ1) is 10.1. The number of hydrogen-bond acceptors (Lipinski definition) is 4. The molecular formula is C17H29N3O. The maximum Gasteiger partial charge on any atom is 0.129 e. The van der Waals surface area contributed by atoms with Crippen LogP contribution in [-0.2, 0) is 11.3 Å². The van der Waals surface area contributed by atoms with E-state index in [4.69, 9.17) is 9.72 Å². The molecule has 1 aliphatic rings. The quantitative estimate of drug-likeness (QED) is 0.905. The molecule has 118 valence electrons. The summed E-state index contributed by atoms with van der Waals surface area (Å²) in [6, 6.07) is 4.96. The Hall–Kier alpha value is -1.13. The van der Waals surface area contributed by atoms with Gasteiger partial charge in [0.25, 0.3) is 0 Å². The van der Waals surface area contributed by atoms with Gasteiger partial charge in [-0.2, -0.15) is 0 Å². The van der Waals surface area contributed by atoms with Crippen molar-refractivity contribution < 1.29 is 4.74 Å². The third-order valence-electron chi connectivity index (χ3n) is 3.74. The molecule has 0 radical (unpaired) electrons. The molecule has 2 heterocycles. The Labute approximate surface area is 128 Å². The van der Waals surface area contributed by atoms with Crippen LogP contribution in [0.1, 0.15) is 51.3 Å². The molecule has 4 nitrogen and oxygen atoms in total. The fraction of sp³-hybridized carbons (Fsp3) is 0.706. The highest BCUT2D eigenvalue weighted by Crippen LogP contribution is 2.21. The SMILES string of the molecule is CC(C)NCc1cc(C(C)C)nc(N2CCCOCC2)c1. The maximum atomic E-state index is 5.55. The Kier molecular flexibility index (Phi) is 6.00. The number of hydrogen-bond donors (Lipinski definition) is 1. The average molecular weight is 291 g/mol. The van der Waals surface area contributed by atoms with Gasteiger partial charge < -0.3 is 15.0 Å². The van der Waals surface area contributed by atoms with E-state index in [9.17, 15) is 0 Å². The van der Waals surface area contributed by atoms with Crippen molar-refractivity contribution in [2.75, 3.05) is 31.2 Å². The molecule has 0 atom stereocenters. The molecule has 4 heteroatoms. The Morgan fingerprint density at radius 1 is 1.19 bits per heavy atom. The standard InChI is InChI=1S/C17H29N3O/c1-13(2)16-10-15(12-18-14(3)4)11-17(19-16)20-6-5-8-21-9-7-20/h10-11,13-14,18H,5-9,12H2,1-4H3. The van der Waals surface area contributed by atoms with Crippen molar-refractivity contribution in [3.63, 3.8) is 0 Å². The monoisotopic (exact) mass is 291 g/mol. The van der Waals surface area contributed by atoms with Gasteiger partial charge in [-0.05, 0) is 30.0 Å². The van der Waals surface area contributed by atoms with Gasteiger partial charge in [0.05, 0.1) is 6.61 Å². The summed E-state index contributed by atoms with van der Waals surface area (Å²) in [7, 11) is 0. The van der Waals surface area contributed by atoms with Crippen LogP contribution >= 0.6 is 0 Å². The van der Waals surface area contributed by atoms with E-state index in [2.05, 4.69) is 50.0 Å². The third kappa shape index (κ3) is 4.97. The lowest BCUT2D eigenvalue weighted by molar-refractivity contribution is 0.152. The molecule has 0 bridgehead atoms. The molecule has 0 saturated carbocycles. The average Bonchev–Trinajstić information content (AvgIpc) is 2.73. The zero-order valence-corrected chi connectivity index (χ0v) is 13.9. The summed E-state index contributed by atoms with van der Waals surface area (Å²) in [5.41, 5.74) is 2.50. The largest absolute Gasteiger partial charge is 0.380 e. The minimum Gasteiger partial charge on any atom is -0.380 e. The molecular weight excluding hydrogens is 262 g/mol. The summed E-state index contributed by atoms with van der Waals surface area (Å²) in [5, 5.41) is 3.50. The highest BCUT2D eigenvalue weighted by Gasteiger charge is 2.14. The zero-order chi connectivity index (χ0) is 15.2. The van der Waals surface area contributed by atoms with Crippen molar-refractivity contribution in [2.24, 2.45) is 0 Å². The lowest BCUT2D eigenvalue weighted by atomic mass is 10.1. The molecule has 0 aromatic carbocycles. The van der Waals surface area contributed by atoms with Crippen LogP contribution in [0.2, 0.25) is 0 Å². The van der Waals surface area contributed by atoms with Crippen LogP contribution in [0.25, 0.3) is 0 Å². The van der Waals surface area contributed by atoms with E-state index in [-0.39, 0.29) is 0 Å². The Balaban J connectivity index is 2.21. The predicted octanol–water partition coefficient (Wildman–Crippen LogP) is 2.93. The number of nitrogens with zero attached hydrogens (tertiary/aromatic N) is 2. The first-order valence-corrected chi connectivity index (χ1v) is 8.13. The highest BCUT2D eigenvalue weighted by molar-refractivity contribution is 5.43. The van der Waals surface area contributed by atoms with Gasteiger partial charge in [0, 0.05) is 38.0 Å². The first-order valence-electron chi connectivity index (χ1n) is 8.13. The van der Waals surface area contributed by atoms with Gasteiger partial charge in [0.15, 0.2) is 0 Å².